The highest BCUT2D eigenvalue weighted by Crippen LogP contribution is 2.20. The maximum Gasteiger partial charge on any atom is 0.153 e. The van der Waals surface area contributed by atoms with E-state index in [1.807, 2.05) is 43.3 Å². The van der Waals surface area contributed by atoms with Gasteiger partial charge in [0.15, 0.2) is 6.29 Å². The Labute approximate surface area is 117 Å². The molecule has 0 N–H and O–H groups in total. The number of thioether (sulfide) groups is 1. The first-order chi connectivity index (χ1) is 9.29. The van der Waals surface area contributed by atoms with Crippen LogP contribution in [0.5, 0.6) is 5.75 Å². The molecule has 2 aromatic rings. The third-order valence-electron chi connectivity index (χ3n) is 2.65. The van der Waals surface area contributed by atoms with Gasteiger partial charge in [0.2, 0.25) is 0 Å². The van der Waals surface area contributed by atoms with Crippen molar-refractivity contribution in [3.8, 4) is 5.75 Å². The van der Waals surface area contributed by atoms with Crippen LogP contribution in [0.4, 0.5) is 0 Å². The number of aryl methyl sites for hydroxylation is 1. The quantitative estimate of drug-likeness (QED) is 0.452. The van der Waals surface area contributed by atoms with Gasteiger partial charge in [-0.3, -0.25) is 4.79 Å². The first-order valence-corrected chi connectivity index (χ1v) is 7.14. The standard InChI is InChI=1S/C16H16O2S/c1-13-7-8-16(14(11-13)12-17)18-9-10-19-15-5-3-2-4-6-15/h2-8,11-12H,9-10H2,1H3. The summed E-state index contributed by atoms with van der Waals surface area (Å²) in [7, 11) is 0. The largest absolute Gasteiger partial charge is 0.492 e. The zero-order valence-electron chi connectivity index (χ0n) is 10.8. The third kappa shape index (κ3) is 4.14. The summed E-state index contributed by atoms with van der Waals surface area (Å²) in [6.45, 7) is 2.55. The van der Waals surface area contributed by atoms with E-state index < -0.39 is 0 Å². The molecule has 98 valence electrons. The minimum absolute atomic E-state index is 0.587. The molecule has 2 aromatic carbocycles. The molecule has 2 nitrogen and oxygen atoms in total. The van der Waals surface area contributed by atoms with Crippen LogP contribution in [0.15, 0.2) is 53.4 Å². The smallest absolute Gasteiger partial charge is 0.153 e. The van der Waals surface area contributed by atoms with Gasteiger partial charge in [0.05, 0.1) is 12.2 Å². The predicted octanol–water partition coefficient (Wildman–Crippen LogP) is 3.98. The summed E-state index contributed by atoms with van der Waals surface area (Å²) in [6.07, 6.45) is 0.840. The van der Waals surface area contributed by atoms with Gasteiger partial charge < -0.3 is 4.74 Å². The van der Waals surface area contributed by atoms with E-state index in [-0.39, 0.29) is 0 Å². The normalized spacial score (nSPS) is 10.2. The molecule has 0 heterocycles. The summed E-state index contributed by atoms with van der Waals surface area (Å²) in [5.41, 5.74) is 1.68. The van der Waals surface area contributed by atoms with Crippen LogP contribution < -0.4 is 4.74 Å². The Bertz CT molecular complexity index is 538. The molecule has 0 unspecified atom stereocenters. The number of benzene rings is 2. The predicted molar refractivity (Wildman–Crippen MR) is 79.2 cm³/mol. The van der Waals surface area contributed by atoms with E-state index in [1.54, 1.807) is 11.8 Å². The lowest BCUT2D eigenvalue weighted by Crippen LogP contribution is -2.02. The van der Waals surface area contributed by atoms with Crippen LogP contribution in [0, 0.1) is 6.92 Å². The maximum absolute atomic E-state index is 10.9. The van der Waals surface area contributed by atoms with Gasteiger partial charge in [0.25, 0.3) is 0 Å². The van der Waals surface area contributed by atoms with E-state index >= 15 is 0 Å². The van der Waals surface area contributed by atoms with Crippen molar-refractivity contribution in [3.05, 3.63) is 59.7 Å². The molecule has 19 heavy (non-hydrogen) atoms. The van der Waals surface area contributed by atoms with Gasteiger partial charge in [-0.1, -0.05) is 29.8 Å². The second-order valence-electron chi connectivity index (χ2n) is 4.17. The molecule has 0 spiro atoms. The monoisotopic (exact) mass is 272 g/mol. The van der Waals surface area contributed by atoms with E-state index in [9.17, 15) is 4.79 Å². The maximum atomic E-state index is 10.9. The van der Waals surface area contributed by atoms with Crippen molar-refractivity contribution >= 4 is 18.0 Å². The molecule has 0 aliphatic carbocycles. The van der Waals surface area contributed by atoms with Crippen LogP contribution in [0.25, 0.3) is 0 Å². The molecule has 0 aromatic heterocycles. The minimum atomic E-state index is 0.587. The topological polar surface area (TPSA) is 26.3 Å². The number of ether oxygens (including phenoxy) is 1. The molecule has 0 atom stereocenters. The fourth-order valence-electron chi connectivity index (χ4n) is 1.72. The van der Waals surface area contributed by atoms with Crippen LogP contribution in [0.2, 0.25) is 0 Å². The van der Waals surface area contributed by atoms with E-state index in [0.717, 1.165) is 17.6 Å². The summed E-state index contributed by atoms with van der Waals surface area (Å²) >= 11 is 1.74. The summed E-state index contributed by atoms with van der Waals surface area (Å²) < 4.78 is 5.65. The van der Waals surface area contributed by atoms with Crippen molar-refractivity contribution in [1.29, 1.82) is 0 Å². The van der Waals surface area contributed by atoms with E-state index in [2.05, 4.69) is 12.1 Å². The van der Waals surface area contributed by atoms with E-state index in [1.165, 1.54) is 4.90 Å². The fraction of sp³-hybridized carbons (Fsp3) is 0.188. The average Bonchev–Trinajstić information content (AvgIpc) is 2.46. The highest BCUT2D eigenvalue weighted by atomic mass is 32.2. The molecule has 0 amide bonds. The Morgan fingerprint density at radius 1 is 1.16 bits per heavy atom. The number of aldehydes is 1. The van der Waals surface area contributed by atoms with E-state index in [0.29, 0.717) is 17.9 Å². The first-order valence-electron chi connectivity index (χ1n) is 6.16. The van der Waals surface area contributed by atoms with Gasteiger partial charge in [0.1, 0.15) is 5.75 Å². The van der Waals surface area contributed by atoms with Crippen LogP contribution in [0.1, 0.15) is 15.9 Å². The van der Waals surface area contributed by atoms with Crippen LogP contribution in [-0.4, -0.2) is 18.6 Å². The summed E-state index contributed by atoms with van der Waals surface area (Å²) in [6, 6.07) is 15.8. The molecule has 0 saturated carbocycles. The zero-order valence-corrected chi connectivity index (χ0v) is 11.7. The van der Waals surface area contributed by atoms with Crippen LogP contribution in [0.3, 0.4) is 0 Å². The Morgan fingerprint density at radius 3 is 2.68 bits per heavy atom. The lowest BCUT2D eigenvalue weighted by atomic mass is 10.1. The van der Waals surface area contributed by atoms with Crippen molar-refractivity contribution in [2.75, 3.05) is 12.4 Å². The van der Waals surface area contributed by atoms with Gasteiger partial charge in [-0.15, -0.1) is 11.8 Å². The Kier molecular flexibility index (Phi) is 5.04. The molecule has 0 radical (unpaired) electrons. The lowest BCUT2D eigenvalue weighted by molar-refractivity contribution is 0.112. The molecule has 0 bridgehead atoms. The number of carbonyl (C=O) groups excluding carboxylic acids is 1. The minimum Gasteiger partial charge on any atom is -0.492 e. The highest BCUT2D eigenvalue weighted by molar-refractivity contribution is 7.99. The van der Waals surface area contributed by atoms with Gasteiger partial charge in [-0.25, -0.2) is 0 Å². The van der Waals surface area contributed by atoms with Crippen molar-refractivity contribution in [3.63, 3.8) is 0 Å². The van der Waals surface area contributed by atoms with Gasteiger partial charge in [-0.2, -0.15) is 0 Å². The van der Waals surface area contributed by atoms with Crippen molar-refractivity contribution in [2.24, 2.45) is 0 Å². The number of hydrogen-bond donors (Lipinski definition) is 0. The zero-order chi connectivity index (χ0) is 13.5. The first kappa shape index (κ1) is 13.7. The number of hydrogen-bond acceptors (Lipinski definition) is 3. The van der Waals surface area contributed by atoms with Gasteiger partial charge >= 0.3 is 0 Å². The third-order valence-corrected chi connectivity index (χ3v) is 3.62. The van der Waals surface area contributed by atoms with Gasteiger partial charge in [0, 0.05) is 10.6 Å². The van der Waals surface area contributed by atoms with Crippen molar-refractivity contribution < 1.29 is 9.53 Å². The Hall–Kier alpha value is -1.74. The molecule has 0 saturated heterocycles. The van der Waals surface area contributed by atoms with Crippen LogP contribution in [-0.2, 0) is 0 Å². The molecule has 3 heteroatoms. The van der Waals surface area contributed by atoms with Crippen molar-refractivity contribution in [1.82, 2.24) is 0 Å². The summed E-state index contributed by atoms with van der Waals surface area (Å²) in [4.78, 5) is 12.2. The highest BCUT2D eigenvalue weighted by Gasteiger charge is 2.03. The fourth-order valence-corrected chi connectivity index (χ4v) is 2.47. The molecular weight excluding hydrogens is 256 g/mol. The molecule has 0 aliphatic heterocycles. The molecular formula is C16H16O2S. The Morgan fingerprint density at radius 2 is 1.95 bits per heavy atom. The van der Waals surface area contributed by atoms with E-state index in [4.69, 9.17) is 4.74 Å². The Balaban J connectivity index is 1.84. The SMILES string of the molecule is Cc1ccc(OCCSc2ccccc2)c(C=O)c1. The lowest BCUT2D eigenvalue weighted by Gasteiger charge is -2.08. The summed E-state index contributed by atoms with van der Waals surface area (Å²) in [5.74, 6) is 1.52. The second kappa shape index (κ2) is 7.00. The van der Waals surface area contributed by atoms with Crippen LogP contribution >= 0.6 is 11.8 Å². The number of rotatable bonds is 6. The molecule has 0 fully saturated rings. The molecule has 2 rings (SSSR count). The number of carbonyl (C=O) groups is 1. The van der Waals surface area contributed by atoms with Gasteiger partial charge in [-0.05, 0) is 31.2 Å². The summed E-state index contributed by atoms with van der Waals surface area (Å²) in [5, 5.41) is 0. The van der Waals surface area contributed by atoms with Crippen molar-refractivity contribution in [2.45, 2.75) is 11.8 Å². The second-order valence-corrected chi connectivity index (χ2v) is 5.34. The molecule has 0 aliphatic rings. The average molecular weight is 272 g/mol.